The molecule has 0 radical (unpaired) electrons. The van der Waals surface area contributed by atoms with Gasteiger partial charge in [-0.1, -0.05) is 54.6 Å². The van der Waals surface area contributed by atoms with Crippen LogP contribution in [0.3, 0.4) is 0 Å². The molecule has 4 aromatic rings. The Morgan fingerprint density at radius 2 is 1.47 bits per heavy atom. The van der Waals surface area contributed by atoms with E-state index in [0.29, 0.717) is 49.2 Å². The van der Waals surface area contributed by atoms with Gasteiger partial charge in [-0.05, 0) is 85.0 Å². The highest BCUT2D eigenvalue weighted by atomic mass is 16.7. The number of ether oxygens (including phenoxy) is 5. The Kier molecular flexibility index (Phi) is 11.8. The number of hydrogen-bond acceptors (Lipinski definition) is 9. The fourth-order valence-electron chi connectivity index (χ4n) is 5.71. The summed E-state index contributed by atoms with van der Waals surface area (Å²) in [5.41, 5.74) is 8.06. The van der Waals surface area contributed by atoms with Gasteiger partial charge in [0.25, 0.3) is 0 Å². The van der Waals surface area contributed by atoms with Crippen LogP contribution in [-0.4, -0.2) is 61.9 Å². The van der Waals surface area contributed by atoms with Crippen LogP contribution in [0.1, 0.15) is 61.8 Å². The van der Waals surface area contributed by atoms with Gasteiger partial charge in [-0.25, -0.2) is 4.79 Å². The molecule has 0 spiro atoms. The number of fused-ring (bicyclic) bond motifs is 1. The number of carbonyl (C=O) groups is 3. The molecule has 11 nitrogen and oxygen atoms in total. The van der Waals surface area contributed by atoms with Crippen molar-refractivity contribution in [2.24, 2.45) is 11.1 Å². The number of carbonyl (C=O) groups excluding carboxylic acids is 3. The van der Waals surface area contributed by atoms with E-state index in [9.17, 15) is 14.4 Å². The number of benzene rings is 4. The molecule has 0 aromatic heterocycles. The highest BCUT2D eigenvalue weighted by Gasteiger charge is 2.28. The summed E-state index contributed by atoms with van der Waals surface area (Å²) in [6.45, 7) is 5.90. The van der Waals surface area contributed by atoms with E-state index in [1.807, 2.05) is 78.9 Å². The van der Waals surface area contributed by atoms with Gasteiger partial charge < -0.3 is 34.3 Å². The van der Waals surface area contributed by atoms with Crippen LogP contribution in [0, 0.1) is 10.8 Å². The molecule has 1 unspecified atom stereocenters. The number of esters is 2. The Bertz CT molecular complexity index is 1840. The first-order valence-electron chi connectivity index (χ1n) is 16.9. The quantitative estimate of drug-likeness (QED) is 0.0712. The van der Waals surface area contributed by atoms with Crippen LogP contribution in [0.4, 0.5) is 4.79 Å². The number of nitrogens with zero attached hydrogens (tertiary/aromatic N) is 1. The molecule has 0 aliphatic carbocycles. The van der Waals surface area contributed by atoms with Crippen LogP contribution >= 0.6 is 0 Å². The zero-order valence-electron chi connectivity index (χ0n) is 29.5. The molecule has 11 heteroatoms. The summed E-state index contributed by atoms with van der Waals surface area (Å²) in [6.07, 6.45) is 1.17. The van der Waals surface area contributed by atoms with Gasteiger partial charge in [0, 0.05) is 31.5 Å². The molecule has 1 heterocycles. The van der Waals surface area contributed by atoms with Gasteiger partial charge in [0.05, 0.1) is 18.4 Å². The van der Waals surface area contributed by atoms with E-state index in [0.717, 1.165) is 27.6 Å². The lowest BCUT2D eigenvalue weighted by Gasteiger charge is -2.31. The molecule has 51 heavy (non-hydrogen) atoms. The first kappa shape index (κ1) is 36.7. The lowest BCUT2D eigenvalue weighted by atomic mass is 9.91. The average Bonchev–Trinajstić information content (AvgIpc) is 3.13. The molecule has 0 bridgehead atoms. The van der Waals surface area contributed by atoms with E-state index in [2.05, 4.69) is 0 Å². The number of methoxy groups -OCH3 is 1. The van der Waals surface area contributed by atoms with Crippen LogP contribution in [0.25, 0.3) is 10.8 Å². The second-order valence-electron chi connectivity index (χ2n) is 13.6. The summed E-state index contributed by atoms with van der Waals surface area (Å²) in [5, 5.41) is 9.68. The number of rotatable bonds is 12. The molecule has 1 aliphatic rings. The molecule has 0 saturated carbocycles. The minimum Gasteiger partial charge on any atom is -0.497 e. The predicted octanol–water partition coefficient (Wildman–Crippen LogP) is 6.73. The van der Waals surface area contributed by atoms with Crippen molar-refractivity contribution in [3.63, 3.8) is 0 Å². The van der Waals surface area contributed by atoms with Crippen molar-refractivity contribution in [1.29, 1.82) is 5.41 Å². The predicted molar refractivity (Wildman–Crippen MR) is 193 cm³/mol. The van der Waals surface area contributed by atoms with Crippen molar-refractivity contribution in [3.8, 4) is 11.5 Å². The van der Waals surface area contributed by atoms with E-state index in [4.69, 9.17) is 34.8 Å². The molecule has 1 saturated heterocycles. The van der Waals surface area contributed by atoms with Crippen molar-refractivity contribution in [2.75, 3.05) is 27.0 Å². The number of likely N-dealkylation sites (tertiary alicyclic amines) is 1. The number of nitrogen functional groups attached to an aromatic ring is 1. The van der Waals surface area contributed by atoms with Crippen LogP contribution in [0.5, 0.6) is 11.5 Å². The summed E-state index contributed by atoms with van der Waals surface area (Å²) in [7, 11) is 1.60. The van der Waals surface area contributed by atoms with Crippen LogP contribution in [-0.2, 0) is 36.8 Å². The first-order chi connectivity index (χ1) is 24.4. The molecule has 268 valence electrons. The highest BCUT2D eigenvalue weighted by Crippen LogP contribution is 2.29. The Hall–Kier alpha value is -5.58. The number of nitrogens with two attached hydrogens (primary N) is 1. The van der Waals surface area contributed by atoms with E-state index in [1.54, 1.807) is 38.8 Å². The van der Waals surface area contributed by atoms with Crippen molar-refractivity contribution in [1.82, 2.24) is 4.90 Å². The smallest absolute Gasteiger partial charge is 0.410 e. The number of piperidine rings is 1. The number of hydrogen-bond donors (Lipinski definition) is 2. The lowest BCUT2D eigenvalue weighted by Crippen LogP contribution is -2.42. The van der Waals surface area contributed by atoms with E-state index >= 15 is 0 Å². The van der Waals surface area contributed by atoms with Crippen LogP contribution < -0.4 is 15.2 Å². The van der Waals surface area contributed by atoms with Crippen molar-refractivity contribution >= 4 is 34.6 Å². The molecular weight excluding hydrogens is 650 g/mol. The Balaban J connectivity index is 1.21. The molecule has 4 aromatic carbocycles. The third-order valence-corrected chi connectivity index (χ3v) is 8.75. The van der Waals surface area contributed by atoms with Gasteiger partial charge in [0.2, 0.25) is 6.79 Å². The minimum atomic E-state index is -0.733. The standard InChI is InChI=1S/C40H45N3O8/c1-40(2,3)38(45)50-25-49-37(44)35(22-27-5-8-28-9-10-30(36(41)42)23-31(28)21-27)29-11-15-33(16-12-29)51-34-17-19-43(20-18-34)39(46)48-24-26-6-13-32(47-4)14-7-26/h5-16,21,23,34-35H,17-20,22,24-25H2,1-4H3,(H3,41,42). The van der Waals surface area contributed by atoms with Crippen molar-refractivity contribution in [3.05, 3.63) is 107 Å². The fourth-order valence-corrected chi connectivity index (χ4v) is 5.71. The van der Waals surface area contributed by atoms with Gasteiger partial charge in [-0.3, -0.25) is 15.0 Å². The fraction of sp³-hybridized carbons (Fsp3) is 0.350. The van der Waals surface area contributed by atoms with Gasteiger partial charge in [-0.15, -0.1) is 0 Å². The molecule has 1 aliphatic heterocycles. The van der Waals surface area contributed by atoms with Gasteiger partial charge >= 0.3 is 18.0 Å². The zero-order chi connectivity index (χ0) is 36.5. The molecular formula is C40H45N3O8. The van der Waals surface area contributed by atoms with Crippen LogP contribution in [0.15, 0.2) is 84.9 Å². The maximum Gasteiger partial charge on any atom is 0.410 e. The minimum absolute atomic E-state index is 0.0234. The highest BCUT2D eigenvalue weighted by molar-refractivity contribution is 5.99. The Morgan fingerprint density at radius 3 is 2.12 bits per heavy atom. The topological polar surface area (TPSA) is 150 Å². The van der Waals surface area contributed by atoms with E-state index in [-0.39, 0.29) is 24.6 Å². The Labute approximate surface area is 298 Å². The molecule has 1 atom stereocenters. The number of amidine groups is 1. The summed E-state index contributed by atoms with van der Waals surface area (Å²) in [4.78, 5) is 40.1. The summed E-state index contributed by atoms with van der Waals surface area (Å²) in [6, 6.07) is 26.2. The summed E-state index contributed by atoms with van der Waals surface area (Å²) >= 11 is 0. The zero-order valence-corrected chi connectivity index (χ0v) is 29.5. The number of amides is 1. The molecule has 3 N–H and O–H groups in total. The average molecular weight is 696 g/mol. The second-order valence-corrected chi connectivity index (χ2v) is 13.6. The molecule has 1 amide bonds. The third-order valence-electron chi connectivity index (χ3n) is 8.75. The first-order valence-corrected chi connectivity index (χ1v) is 16.9. The maximum absolute atomic E-state index is 13.5. The summed E-state index contributed by atoms with van der Waals surface area (Å²) in [5.74, 6) is -0.341. The van der Waals surface area contributed by atoms with Gasteiger partial charge in [-0.2, -0.15) is 0 Å². The van der Waals surface area contributed by atoms with Crippen LogP contribution in [0.2, 0.25) is 0 Å². The van der Waals surface area contributed by atoms with Gasteiger partial charge in [0.1, 0.15) is 30.0 Å². The molecule has 5 rings (SSSR count). The van der Waals surface area contributed by atoms with Crippen molar-refractivity contribution in [2.45, 2.75) is 58.7 Å². The maximum atomic E-state index is 13.5. The normalized spacial score (nSPS) is 14.0. The van der Waals surface area contributed by atoms with E-state index in [1.165, 1.54) is 0 Å². The van der Waals surface area contributed by atoms with Crippen molar-refractivity contribution < 1.29 is 38.1 Å². The third kappa shape index (κ3) is 10.00. The second kappa shape index (κ2) is 16.4. The van der Waals surface area contributed by atoms with E-state index < -0.39 is 30.1 Å². The molecule has 1 fully saturated rings. The monoisotopic (exact) mass is 695 g/mol. The SMILES string of the molecule is COc1ccc(COC(=O)N2CCC(Oc3ccc(C(Cc4ccc5ccc(C(=N)N)cc5c4)C(=O)OCOC(=O)C(C)(C)C)cc3)CC2)cc1. The Morgan fingerprint density at radius 1 is 0.824 bits per heavy atom. The largest absolute Gasteiger partial charge is 0.497 e. The summed E-state index contributed by atoms with van der Waals surface area (Å²) < 4.78 is 27.6. The lowest BCUT2D eigenvalue weighted by molar-refractivity contribution is -0.174. The number of nitrogens with one attached hydrogen (secondary N) is 1. The van der Waals surface area contributed by atoms with Gasteiger partial charge in [0.15, 0.2) is 0 Å².